The Kier molecular flexibility index (Phi) is 4.44. The predicted octanol–water partition coefficient (Wildman–Crippen LogP) is 1.43. The molecule has 5 heteroatoms. The third-order valence-corrected chi connectivity index (χ3v) is 2.63. The highest BCUT2D eigenvalue weighted by atomic mass is 16.5. The first-order chi connectivity index (χ1) is 8.36. The van der Waals surface area contributed by atoms with Crippen LogP contribution >= 0.6 is 0 Å². The van der Waals surface area contributed by atoms with Gasteiger partial charge >= 0.3 is 11.9 Å². The number of hydrogen-bond acceptors (Lipinski definition) is 4. The number of hydrogen-bond donors (Lipinski definition) is 2. The summed E-state index contributed by atoms with van der Waals surface area (Å²) in [6.45, 7) is 3.91. The number of esters is 1. The van der Waals surface area contributed by atoms with E-state index in [4.69, 9.17) is 5.11 Å². The van der Waals surface area contributed by atoms with Crippen molar-refractivity contribution >= 4 is 11.9 Å². The molecule has 0 radical (unpaired) electrons. The molecule has 0 spiro atoms. The largest absolute Gasteiger partial charge is 0.478 e. The molecule has 1 rings (SSSR count). The second-order valence-electron chi connectivity index (χ2n) is 4.47. The summed E-state index contributed by atoms with van der Waals surface area (Å²) in [6, 6.07) is 6.49. The maximum absolute atomic E-state index is 11.4. The molecule has 0 aromatic heterocycles. The van der Waals surface area contributed by atoms with Gasteiger partial charge in [-0.3, -0.25) is 10.1 Å². The van der Waals surface area contributed by atoms with Gasteiger partial charge in [0.05, 0.1) is 12.7 Å². The molecule has 0 aliphatic heterocycles. The number of carbonyl (C=O) groups is 2. The van der Waals surface area contributed by atoms with Crippen molar-refractivity contribution in [2.45, 2.75) is 25.9 Å². The Labute approximate surface area is 106 Å². The van der Waals surface area contributed by atoms with Crippen molar-refractivity contribution in [2.75, 3.05) is 7.11 Å². The molecular weight excluding hydrogens is 234 g/mol. The zero-order chi connectivity index (χ0) is 13.8. The second kappa shape index (κ2) is 5.64. The van der Waals surface area contributed by atoms with E-state index in [0.717, 1.165) is 5.56 Å². The van der Waals surface area contributed by atoms with Crippen LogP contribution in [0, 0.1) is 0 Å². The first-order valence-electron chi connectivity index (χ1n) is 5.52. The fourth-order valence-corrected chi connectivity index (χ4v) is 1.42. The van der Waals surface area contributed by atoms with E-state index in [1.54, 1.807) is 26.0 Å². The number of aromatic carboxylic acids is 1. The van der Waals surface area contributed by atoms with Gasteiger partial charge in [0.15, 0.2) is 0 Å². The van der Waals surface area contributed by atoms with E-state index in [1.807, 2.05) is 0 Å². The smallest absolute Gasteiger partial charge is 0.335 e. The number of carboxylic acids is 1. The monoisotopic (exact) mass is 251 g/mol. The van der Waals surface area contributed by atoms with E-state index in [1.165, 1.54) is 19.2 Å². The van der Waals surface area contributed by atoms with E-state index >= 15 is 0 Å². The first kappa shape index (κ1) is 14.2. The molecule has 18 heavy (non-hydrogen) atoms. The number of benzene rings is 1. The first-order valence-corrected chi connectivity index (χ1v) is 5.52. The van der Waals surface area contributed by atoms with Crippen molar-refractivity contribution in [3.8, 4) is 0 Å². The summed E-state index contributed by atoms with van der Waals surface area (Å²) in [6.07, 6.45) is 0. The van der Waals surface area contributed by atoms with Crippen LogP contribution in [0.5, 0.6) is 0 Å². The SMILES string of the molecule is COC(=O)C(C)(C)NCc1ccc(C(=O)O)cc1. The maximum Gasteiger partial charge on any atom is 0.335 e. The van der Waals surface area contributed by atoms with Gasteiger partial charge in [-0.15, -0.1) is 0 Å². The number of carboxylic acid groups (broad SMARTS) is 1. The molecule has 98 valence electrons. The highest BCUT2D eigenvalue weighted by molar-refractivity contribution is 5.87. The van der Waals surface area contributed by atoms with Crippen LogP contribution in [-0.4, -0.2) is 29.7 Å². The Morgan fingerprint density at radius 1 is 1.28 bits per heavy atom. The lowest BCUT2D eigenvalue weighted by Gasteiger charge is -2.23. The van der Waals surface area contributed by atoms with Crippen LogP contribution in [0.1, 0.15) is 29.8 Å². The van der Waals surface area contributed by atoms with Crippen LogP contribution in [0.4, 0.5) is 0 Å². The minimum atomic E-state index is -0.954. The van der Waals surface area contributed by atoms with Crippen molar-refractivity contribution < 1.29 is 19.4 Å². The van der Waals surface area contributed by atoms with Crippen LogP contribution in [0.15, 0.2) is 24.3 Å². The molecule has 0 atom stereocenters. The minimum absolute atomic E-state index is 0.242. The molecule has 0 fully saturated rings. The summed E-state index contributed by atoms with van der Waals surface area (Å²) in [5.41, 5.74) is 0.364. The minimum Gasteiger partial charge on any atom is -0.478 e. The molecule has 0 aliphatic rings. The zero-order valence-corrected chi connectivity index (χ0v) is 10.7. The average Bonchev–Trinajstić information content (AvgIpc) is 2.35. The quantitative estimate of drug-likeness (QED) is 0.774. The maximum atomic E-state index is 11.4. The highest BCUT2D eigenvalue weighted by Crippen LogP contribution is 2.09. The van der Waals surface area contributed by atoms with Crippen molar-refractivity contribution in [3.05, 3.63) is 35.4 Å². The molecule has 0 unspecified atom stereocenters. The normalized spacial score (nSPS) is 11.1. The Bertz CT molecular complexity index is 437. The number of carbonyl (C=O) groups excluding carboxylic acids is 1. The van der Waals surface area contributed by atoms with E-state index in [2.05, 4.69) is 10.1 Å². The number of nitrogens with one attached hydrogen (secondary N) is 1. The molecule has 2 N–H and O–H groups in total. The Morgan fingerprint density at radius 2 is 1.83 bits per heavy atom. The van der Waals surface area contributed by atoms with Gasteiger partial charge in [-0.1, -0.05) is 12.1 Å². The fraction of sp³-hybridized carbons (Fsp3) is 0.385. The van der Waals surface area contributed by atoms with Crippen molar-refractivity contribution in [1.29, 1.82) is 0 Å². The lowest BCUT2D eigenvalue weighted by molar-refractivity contribution is -0.147. The van der Waals surface area contributed by atoms with Gasteiger partial charge < -0.3 is 9.84 Å². The van der Waals surface area contributed by atoms with Crippen LogP contribution < -0.4 is 5.32 Å². The Balaban J connectivity index is 2.64. The molecule has 0 heterocycles. The van der Waals surface area contributed by atoms with E-state index in [-0.39, 0.29) is 11.5 Å². The standard InChI is InChI=1S/C13H17NO4/c1-13(2,12(17)18-3)14-8-9-4-6-10(7-5-9)11(15)16/h4-7,14H,8H2,1-3H3,(H,15,16). The third kappa shape index (κ3) is 3.56. The summed E-state index contributed by atoms with van der Waals surface area (Å²) in [4.78, 5) is 22.1. The zero-order valence-electron chi connectivity index (χ0n) is 10.7. The van der Waals surface area contributed by atoms with Gasteiger partial charge in [0.2, 0.25) is 0 Å². The van der Waals surface area contributed by atoms with Gasteiger partial charge in [-0.25, -0.2) is 4.79 Å². The molecule has 1 aromatic rings. The van der Waals surface area contributed by atoms with E-state index in [0.29, 0.717) is 6.54 Å². The Morgan fingerprint density at radius 3 is 2.28 bits per heavy atom. The molecule has 0 amide bonds. The number of methoxy groups -OCH3 is 1. The summed E-state index contributed by atoms with van der Waals surface area (Å²) < 4.78 is 4.67. The Hall–Kier alpha value is -1.88. The molecule has 0 saturated heterocycles. The number of rotatable bonds is 5. The van der Waals surface area contributed by atoms with Crippen molar-refractivity contribution in [3.63, 3.8) is 0 Å². The highest BCUT2D eigenvalue weighted by Gasteiger charge is 2.27. The van der Waals surface area contributed by atoms with Crippen LogP contribution in [0.2, 0.25) is 0 Å². The third-order valence-electron chi connectivity index (χ3n) is 2.63. The second-order valence-corrected chi connectivity index (χ2v) is 4.47. The van der Waals surface area contributed by atoms with Crippen LogP contribution in [-0.2, 0) is 16.1 Å². The lowest BCUT2D eigenvalue weighted by atomic mass is 10.0. The van der Waals surface area contributed by atoms with Gasteiger partial charge in [0.25, 0.3) is 0 Å². The topological polar surface area (TPSA) is 75.6 Å². The summed E-state index contributed by atoms with van der Waals surface area (Å²) >= 11 is 0. The average molecular weight is 251 g/mol. The van der Waals surface area contributed by atoms with E-state index in [9.17, 15) is 9.59 Å². The molecule has 5 nitrogen and oxygen atoms in total. The van der Waals surface area contributed by atoms with Crippen LogP contribution in [0.25, 0.3) is 0 Å². The molecular formula is C13H17NO4. The predicted molar refractivity (Wildman–Crippen MR) is 66.3 cm³/mol. The molecule has 0 saturated carbocycles. The number of ether oxygens (including phenoxy) is 1. The molecule has 0 bridgehead atoms. The van der Waals surface area contributed by atoms with Crippen LogP contribution in [0.3, 0.4) is 0 Å². The fourth-order valence-electron chi connectivity index (χ4n) is 1.42. The van der Waals surface area contributed by atoms with Gasteiger partial charge in [-0.05, 0) is 31.5 Å². The molecule has 1 aromatic carbocycles. The van der Waals surface area contributed by atoms with Gasteiger partial charge in [0, 0.05) is 6.54 Å². The van der Waals surface area contributed by atoms with Crippen molar-refractivity contribution in [2.24, 2.45) is 0 Å². The lowest BCUT2D eigenvalue weighted by Crippen LogP contribution is -2.46. The van der Waals surface area contributed by atoms with Gasteiger partial charge in [0.1, 0.15) is 5.54 Å². The summed E-state index contributed by atoms with van der Waals surface area (Å²) in [7, 11) is 1.34. The summed E-state index contributed by atoms with van der Waals surface area (Å²) in [5, 5.41) is 11.8. The summed E-state index contributed by atoms with van der Waals surface area (Å²) in [5.74, 6) is -1.30. The van der Waals surface area contributed by atoms with Gasteiger partial charge in [-0.2, -0.15) is 0 Å². The van der Waals surface area contributed by atoms with Crippen molar-refractivity contribution in [1.82, 2.24) is 5.32 Å². The van der Waals surface area contributed by atoms with E-state index < -0.39 is 11.5 Å². The molecule has 0 aliphatic carbocycles.